The smallest absolute Gasteiger partial charge is 0.192 e. The number of rotatable bonds is 23. The topological polar surface area (TPSA) is 21.7 Å². The second-order valence-electron chi connectivity index (χ2n) is 15.5. The van der Waals surface area contributed by atoms with E-state index >= 15 is 0 Å². The molecule has 39 heavy (non-hydrogen) atoms. The van der Waals surface area contributed by atoms with Crippen molar-refractivity contribution in [3.05, 3.63) is 0 Å². The molecular weight excluding hydrogens is 511 g/mol. The molecule has 2 atom stereocenters. The molecule has 0 aliphatic heterocycles. The average molecular weight is 586 g/mol. The zero-order valence-corrected chi connectivity index (χ0v) is 31.4. The maximum absolute atomic E-state index is 7.10. The van der Waals surface area contributed by atoms with E-state index < -0.39 is 16.6 Å². The van der Waals surface area contributed by atoms with E-state index in [1.165, 1.54) is 89.9 Å². The van der Waals surface area contributed by atoms with Crippen LogP contribution >= 0.6 is 0 Å². The maximum atomic E-state index is 7.10. The monoisotopic (exact) mass is 586 g/mol. The molecule has 2 unspecified atom stereocenters. The van der Waals surface area contributed by atoms with Gasteiger partial charge in [-0.1, -0.05) is 139 Å². The van der Waals surface area contributed by atoms with Gasteiger partial charge in [0.05, 0.1) is 12.2 Å². The molecule has 0 bridgehead atoms. The van der Waals surface area contributed by atoms with E-state index in [0.29, 0.717) is 12.2 Å². The van der Waals surface area contributed by atoms with Gasteiger partial charge in [0.1, 0.15) is 0 Å². The lowest BCUT2D eigenvalue weighted by molar-refractivity contribution is 0.0716. The standard InChI is InChI=1S/C34H75NO2Si2/c1-14-17-19-21-23-25-27-31(36-38(10,11)33(4,5)6)29-35(16-3)30-32(28-26-24-22-20-18-15-2)37-39(12,13)34(7,8)9/h31-32H,14-30H2,1-13H3. The molecule has 0 heterocycles. The third-order valence-electron chi connectivity index (χ3n) is 9.67. The zero-order valence-electron chi connectivity index (χ0n) is 29.4. The van der Waals surface area contributed by atoms with Crippen molar-refractivity contribution in [2.24, 2.45) is 0 Å². The highest BCUT2D eigenvalue weighted by Crippen LogP contribution is 2.39. The van der Waals surface area contributed by atoms with E-state index in [-0.39, 0.29) is 10.1 Å². The van der Waals surface area contributed by atoms with Crippen LogP contribution in [-0.4, -0.2) is 53.4 Å². The molecule has 0 aromatic rings. The Morgan fingerprint density at radius 3 is 1.10 bits per heavy atom. The minimum atomic E-state index is -1.82. The molecule has 0 saturated heterocycles. The highest BCUT2D eigenvalue weighted by molar-refractivity contribution is 6.74. The van der Waals surface area contributed by atoms with Crippen LogP contribution in [0, 0.1) is 0 Å². The quantitative estimate of drug-likeness (QED) is 0.0879. The van der Waals surface area contributed by atoms with E-state index in [1.54, 1.807) is 0 Å². The van der Waals surface area contributed by atoms with Gasteiger partial charge in [0.15, 0.2) is 16.6 Å². The summed E-state index contributed by atoms with van der Waals surface area (Å²) in [5, 5.41) is 0.490. The predicted octanol–water partition coefficient (Wildman–Crippen LogP) is 11.6. The van der Waals surface area contributed by atoms with Gasteiger partial charge in [0.2, 0.25) is 0 Å². The average Bonchev–Trinajstić information content (AvgIpc) is 2.80. The summed E-state index contributed by atoms with van der Waals surface area (Å²) in [6.07, 6.45) is 19.2. The molecule has 0 amide bonds. The lowest BCUT2D eigenvalue weighted by Gasteiger charge is -2.42. The summed E-state index contributed by atoms with van der Waals surface area (Å²) in [4.78, 5) is 2.67. The SMILES string of the molecule is CCCCCCCCC(CN(CC)CC(CCCCCCCC)O[Si](C)(C)C(C)(C)C)O[Si](C)(C)C(C)(C)C. The minimum absolute atomic E-state index is 0.245. The lowest BCUT2D eigenvalue weighted by Crippen LogP contribution is -2.50. The molecule has 0 N–H and O–H groups in total. The van der Waals surface area contributed by atoms with Gasteiger partial charge in [0.25, 0.3) is 0 Å². The fourth-order valence-corrected chi connectivity index (χ4v) is 7.53. The van der Waals surface area contributed by atoms with E-state index in [0.717, 1.165) is 19.6 Å². The van der Waals surface area contributed by atoms with Gasteiger partial charge >= 0.3 is 0 Å². The molecule has 236 valence electrons. The molecule has 3 nitrogen and oxygen atoms in total. The van der Waals surface area contributed by atoms with Crippen molar-refractivity contribution in [1.82, 2.24) is 4.90 Å². The molecule has 0 radical (unpaired) electrons. The molecular formula is C34H75NO2Si2. The third-order valence-corrected chi connectivity index (χ3v) is 18.7. The van der Waals surface area contributed by atoms with E-state index in [1.807, 2.05) is 0 Å². The maximum Gasteiger partial charge on any atom is 0.192 e. The highest BCUT2D eigenvalue weighted by Gasteiger charge is 2.41. The number of likely N-dealkylation sites (N-methyl/N-ethyl adjacent to an activating group) is 1. The Kier molecular flexibility index (Phi) is 19.6. The molecule has 0 aliphatic carbocycles. The number of unbranched alkanes of at least 4 members (excludes halogenated alkanes) is 10. The van der Waals surface area contributed by atoms with Crippen molar-refractivity contribution < 1.29 is 8.85 Å². The second-order valence-corrected chi connectivity index (χ2v) is 25.0. The van der Waals surface area contributed by atoms with Crippen molar-refractivity contribution in [3.8, 4) is 0 Å². The highest BCUT2D eigenvalue weighted by atomic mass is 28.4. The van der Waals surface area contributed by atoms with Crippen LogP contribution in [0.3, 0.4) is 0 Å². The number of hydrogen-bond acceptors (Lipinski definition) is 3. The Balaban J connectivity index is 5.47. The van der Waals surface area contributed by atoms with Gasteiger partial charge in [-0.05, 0) is 55.7 Å². The fraction of sp³-hybridized carbons (Fsp3) is 1.00. The second kappa shape index (κ2) is 19.5. The van der Waals surface area contributed by atoms with E-state index in [2.05, 4.69) is 93.4 Å². The van der Waals surface area contributed by atoms with Crippen molar-refractivity contribution in [2.45, 2.75) is 201 Å². The Morgan fingerprint density at radius 2 is 0.821 bits per heavy atom. The molecule has 0 saturated carbocycles. The van der Waals surface area contributed by atoms with Crippen LogP contribution in [0.15, 0.2) is 0 Å². The lowest BCUT2D eigenvalue weighted by atomic mass is 10.1. The summed E-state index contributed by atoms with van der Waals surface area (Å²) < 4.78 is 14.2. The van der Waals surface area contributed by atoms with Crippen LogP contribution in [0.2, 0.25) is 36.3 Å². The summed E-state index contributed by atoms with van der Waals surface area (Å²) in [6.45, 7) is 34.1. The number of nitrogens with zero attached hydrogens (tertiary/aromatic N) is 1. The van der Waals surface area contributed by atoms with Crippen molar-refractivity contribution in [1.29, 1.82) is 0 Å². The Hall–Kier alpha value is 0.314. The van der Waals surface area contributed by atoms with Gasteiger partial charge in [-0.25, -0.2) is 0 Å². The number of hydrogen-bond donors (Lipinski definition) is 0. The van der Waals surface area contributed by atoms with Crippen LogP contribution in [0.4, 0.5) is 0 Å². The van der Waals surface area contributed by atoms with Crippen LogP contribution in [0.1, 0.15) is 152 Å². The third kappa shape index (κ3) is 17.1. The van der Waals surface area contributed by atoms with Gasteiger partial charge in [-0.3, -0.25) is 4.90 Å². The van der Waals surface area contributed by atoms with E-state index in [4.69, 9.17) is 8.85 Å². The first-order valence-corrected chi connectivity index (χ1v) is 22.9. The van der Waals surface area contributed by atoms with Gasteiger partial charge in [-0.2, -0.15) is 0 Å². The zero-order chi connectivity index (χ0) is 30.2. The molecule has 0 aromatic heterocycles. The molecule has 0 rings (SSSR count). The summed E-state index contributed by atoms with van der Waals surface area (Å²) in [6, 6.07) is 0. The predicted molar refractivity (Wildman–Crippen MR) is 182 cm³/mol. The van der Waals surface area contributed by atoms with Gasteiger partial charge < -0.3 is 8.85 Å². The van der Waals surface area contributed by atoms with Crippen molar-refractivity contribution in [3.63, 3.8) is 0 Å². The fourth-order valence-electron chi connectivity index (χ4n) is 4.78. The molecule has 0 spiro atoms. The normalized spacial score (nSPS) is 15.2. The Morgan fingerprint density at radius 1 is 0.513 bits per heavy atom. The Labute approximate surface area is 250 Å². The van der Waals surface area contributed by atoms with E-state index in [9.17, 15) is 0 Å². The van der Waals surface area contributed by atoms with Crippen LogP contribution < -0.4 is 0 Å². The van der Waals surface area contributed by atoms with Crippen molar-refractivity contribution in [2.75, 3.05) is 19.6 Å². The minimum Gasteiger partial charge on any atom is -0.413 e. The molecule has 0 aromatic carbocycles. The van der Waals surface area contributed by atoms with Crippen LogP contribution in [-0.2, 0) is 8.85 Å². The Bertz CT molecular complexity index is 545. The first-order chi connectivity index (χ1) is 18.0. The molecule has 0 aliphatic rings. The van der Waals surface area contributed by atoms with Gasteiger partial charge in [0, 0.05) is 13.1 Å². The van der Waals surface area contributed by atoms with Crippen molar-refractivity contribution >= 4 is 16.6 Å². The first-order valence-electron chi connectivity index (χ1n) is 17.1. The molecule has 5 heteroatoms. The summed E-state index contributed by atoms with van der Waals surface area (Å²) in [7, 11) is -3.64. The molecule has 0 fully saturated rings. The van der Waals surface area contributed by atoms with Crippen LogP contribution in [0.5, 0.6) is 0 Å². The van der Waals surface area contributed by atoms with Crippen LogP contribution in [0.25, 0.3) is 0 Å². The summed E-state index contributed by atoms with van der Waals surface area (Å²) in [5.74, 6) is 0. The van der Waals surface area contributed by atoms with Gasteiger partial charge in [-0.15, -0.1) is 0 Å². The summed E-state index contributed by atoms with van der Waals surface area (Å²) >= 11 is 0. The first kappa shape index (κ1) is 39.3. The largest absolute Gasteiger partial charge is 0.413 e. The summed E-state index contributed by atoms with van der Waals surface area (Å²) in [5.41, 5.74) is 0.